The Morgan fingerprint density at radius 1 is 1.04 bits per heavy atom. The molecular weight excluding hydrogens is 352 g/mol. The van der Waals surface area contributed by atoms with E-state index in [9.17, 15) is 4.79 Å². The molecule has 2 fully saturated rings. The topological polar surface area (TPSA) is 23.6 Å². The van der Waals surface area contributed by atoms with E-state index in [1.54, 1.807) is 11.3 Å². The van der Waals surface area contributed by atoms with Crippen molar-refractivity contribution in [3.05, 3.63) is 58.3 Å². The molecule has 0 N–H and O–H groups in total. The first-order chi connectivity index (χ1) is 13.3. The fourth-order valence-electron chi connectivity index (χ4n) is 4.75. The van der Waals surface area contributed by atoms with Crippen molar-refractivity contribution >= 4 is 17.2 Å². The van der Waals surface area contributed by atoms with E-state index in [4.69, 9.17) is 0 Å². The van der Waals surface area contributed by atoms with Crippen molar-refractivity contribution in [2.45, 2.75) is 44.6 Å². The lowest BCUT2D eigenvalue weighted by Gasteiger charge is -2.47. The summed E-state index contributed by atoms with van der Waals surface area (Å²) in [6.07, 6.45) is 6.28. The van der Waals surface area contributed by atoms with Crippen molar-refractivity contribution in [2.24, 2.45) is 5.92 Å². The lowest BCUT2D eigenvalue weighted by atomic mass is 9.83. The maximum Gasteiger partial charge on any atom is 0.223 e. The number of aryl methyl sites for hydroxylation is 1. The molecule has 0 radical (unpaired) electrons. The van der Waals surface area contributed by atoms with Crippen LogP contribution in [0.25, 0.3) is 0 Å². The fraction of sp³-hybridized carbons (Fsp3) is 0.522. The maximum atomic E-state index is 12.9. The molecule has 3 nitrogen and oxygen atoms in total. The molecule has 2 aromatic rings. The molecule has 3 heterocycles. The van der Waals surface area contributed by atoms with Gasteiger partial charge in [-0.2, -0.15) is 0 Å². The summed E-state index contributed by atoms with van der Waals surface area (Å²) in [4.78, 5) is 19.0. The van der Waals surface area contributed by atoms with Crippen molar-refractivity contribution in [3.63, 3.8) is 0 Å². The highest BCUT2D eigenvalue weighted by atomic mass is 32.1. The second-order valence-corrected chi connectivity index (χ2v) is 8.99. The Morgan fingerprint density at radius 2 is 1.93 bits per heavy atom. The number of rotatable bonds is 6. The van der Waals surface area contributed by atoms with E-state index in [2.05, 4.69) is 57.6 Å². The number of thiophene rings is 1. The standard InChI is InChI=1S/C23H30N2OS/c26-23(11-10-21-9-5-17-27-21)25-14-4-8-20-18-24(16-13-22(20)25)15-12-19-6-2-1-3-7-19/h1-3,5-7,9,17,20,22H,4,8,10-16,18H2/t20-,22+/m1/s1. The average molecular weight is 383 g/mol. The molecule has 0 saturated carbocycles. The molecule has 4 heteroatoms. The Labute approximate surface area is 167 Å². The van der Waals surface area contributed by atoms with Crippen LogP contribution in [-0.4, -0.2) is 47.9 Å². The molecule has 4 rings (SSSR count). The van der Waals surface area contributed by atoms with Gasteiger partial charge in [0.15, 0.2) is 0 Å². The molecule has 0 bridgehead atoms. The second-order valence-electron chi connectivity index (χ2n) is 7.96. The van der Waals surface area contributed by atoms with Crippen molar-refractivity contribution in [3.8, 4) is 0 Å². The van der Waals surface area contributed by atoms with Gasteiger partial charge in [-0.15, -0.1) is 11.3 Å². The van der Waals surface area contributed by atoms with Gasteiger partial charge >= 0.3 is 0 Å². The molecule has 2 saturated heterocycles. The quantitative estimate of drug-likeness (QED) is 0.746. The predicted octanol–water partition coefficient (Wildman–Crippen LogP) is 4.24. The first-order valence-electron chi connectivity index (χ1n) is 10.4. The number of nitrogens with zero attached hydrogens (tertiary/aromatic N) is 2. The summed E-state index contributed by atoms with van der Waals surface area (Å²) in [5.41, 5.74) is 1.42. The lowest BCUT2D eigenvalue weighted by molar-refractivity contribution is -0.138. The summed E-state index contributed by atoms with van der Waals surface area (Å²) in [5, 5.41) is 2.10. The van der Waals surface area contributed by atoms with Gasteiger partial charge in [-0.25, -0.2) is 0 Å². The van der Waals surface area contributed by atoms with E-state index >= 15 is 0 Å². The Balaban J connectivity index is 1.29. The van der Waals surface area contributed by atoms with Gasteiger partial charge in [0.2, 0.25) is 5.91 Å². The van der Waals surface area contributed by atoms with Crippen LogP contribution in [0.4, 0.5) is 0 Å². The first-order valence-corrected chi connectivity index (χ1v) is 11.3. The zero-order valence-electron chi connectivity index (χ0n) is 16.1. The third kappa shape index (κ3) is 4.80. The van der Waals surface area contributed by atoms with Gasteiger partial charge < -0.3 is 9.80 Å². The number of piperidine rings is 2. The zero-order valence-corrected chi connectivity index (χ0v) is 16.9. The second kappa shape index (κ2) is 9.03. The smallest absolute Gasteiger partial charge is 0.223 e. The van der Waals surface area contributed by atoms with E-state index in [0.29, 0.717) is 24.3 Å². The van der Waals surface area contributed by atoms with E-state index < -0.39 is 0 Å². The van der Waals surface area contributed by atoms with Gasteiger partial charge in [-0.05, 0) is 55.0 Å². The number of hydrogen-bond acceptors (Lipinski definition) is 3. The summed E-state index contributed by atoms with van der Waals surface area (Å²) in [7, 11) is 0. The van der Waals surface area contributed by atoms with Crippen LogP contribution >= 0.6 is 11.3 Å². The molecule has 2 atom stereocenters. The summed E-state index contributed by atoms with van der Waals surface area (Å²) in [5.74, 6) is 1.03. The summed E-state index contributed by atoms with van der Waals surface area (Å²) < 4.78 is 0. The molecule has 0 aliphatic carbocycles. The van der Waals surface area contributed by atoms with Crippen LogP contribution in [0.2, 0.25) is 0 Å². The Bertz CT molecular complexity index is 715. The number of likely N-dealkylation sites (tertiary alicyclic amines) is 2. The van der Waals surface area contributed by atoms with Gasteiger partial charge in [0, 0.05) is 43.5 Å². The van der Waals surface area contributed by atoms with Gasteiger partial charge in [-0.3, -0.25) is 4.79 Å². The number of amides is 1. The highest BCUT2D eigenvalue weighted by molar-refractivity contribution is 7.09. The minimum atomic E-state index is 0.371. The minimum absolute atomic E-state index is 0.371. The van der Waals surface area contributed by atoms with Crippen LogP contribution in [0.5, 0.6) is 0 Å². The molecule has 2 aliphatic heterocycles. The van der Waals surface area contributed by atoms with Crippen LogP contribution in [0.15, 0.2) is 47.8 Å². The third-order valence-corrected chi connectivity index (χ3v) is 7.13. The highest BCUT2D eigenvalue weighted by Crippen LogP contribution is 2.31. The van der Waals surface area contributed by atoms with E-state index in [-0.39, 0.29) is 0 Å². The molecule has 1 aromatic carbocycles. The van der Waals surface area contributed by atoms with Gasteiger partial charge in [0.25, 0.3) is 0 Å². The van der Waals surface area contributed by atoms with Crippen molar-refractivity contribution in [1.82, 2.24) is 9.80 Å². The Kier molecular flexibility index (Phi) is 6.25. The molecule has 144 valence electrons. The van der Waals surface area contributed by atoms with Crippen LogP contribution in [0.3, 0.4) is 0 Å². The van der Waals surface area contributed by atoms with E-state index in [1.807, 2.05) is 0 Å². The molecular formula is C23H30N2OS. The van der Waals surface area contributed by atoms with Crippen LogP contribution in [-0.2, 0) is 17.6 Å². The van der Waals surface area contributed by atoms with E-state index in [1.165, 1.54) is 23.3 Å². The summed E-state index contributed by atoms with van der Waals surface area (Å²) in [6, 6.07) is 15.5. The lowest BCUT2D eigenvalue weighted by Crippen LogP contribution is -2.56. The van der Waals surface area contributed by atoms with Crippen molar-refractivity contribution in [2.75, 3.05) is 26.2 Å². The zero-order chi connectivity index (χ0) is 18.5. The normalized spacial score (nSPS) is 23.2. The maximum absolute atomic E-state index is 12.9. The first kappa shape index (κ1) is 18.7. The highest BCUT2D eigenvalue weighted by Gasteiger charge is 2.37. The molecule has 0 spiro atoms. The monoisotopic (exact) mass is 382 g/mol. The molecule has 2 aliphatic rings. The van der Waals surface area contributed by atoms with Crippen molar-refractivity contribution in [1.29, 1.82) is 0 Å². The molecule has 27 heavy (non-hydrogen) atoms. The Morgan fingerprint density at radius 3 is 2.74 bits per heavy atom. The third-order valence-electron chi connectivity index (χ3n) is 6.20. The van der Waals surface area contributed by atoms with E-state index in [0.717, 1.165) is 45.4 Å². The Hall–Kier alpha value is -1.65. The van der Waals surface area contributed by atoms with Crippen LogP contribution < -0.4 is 0 Å². The number of fused-ring (bicyclic) bond motifs is 1. The van der Waals surface area contributed by atoms with Gasteiger partial charge in [0.1, 0.15) is 0 Å². The van der Waals surface area contributed by atoms with Crippen LogP contribution in [0.1, 0.15) is 36.1 Å². The molecule has 1 aromatic heterocycles. The predicted molar refractivity (Wildman–Crippen MR) is 112 cm³/mol. The fourth-order valence-corrected chi connectivity index (χ4v) is 5.46. The molecule has 0 unspecified atom stereocenters. The SMILES string of the molecule is O=C(CCc1cccs1)N1CCC[C@@H]2CN(CCc3ccccc3)CC[C@@H]21. The minimum Gasteiger partial charge on any atom is -0.339 e. The number of hydrogen-bond donors (Lipinski definition) is 0. The molecule has 1 amide bonds. The summed E-state index contributed by atoms with van der Waals surface area (Å²) in [6.45, 7) is 4.39. The largest absolute Gasteiger partial charge is 0.339 e. The summed E-state index contributed by atoms with van der Waals surface area (Å²) >= 11 is 1.76. The van der Waals surface area contributed by atoms with Gasteiger partial charge in [-0.1, -0.05) is 36.4 Å². The van der Waals surface area contributed by atoms with Crippen molar-refractivity contribution < 1.29 is 4.79 Å². The number of benzene rings is 1. The number of carbonyl (C=O) groups is 1. The van der Waals surface area contributed by atoms with Gasteiger partial charge in [0.05, 0.1) is 0 Å². The average Bonchev–Trinajstić information content (AvgIpc) is 3.24. The van der Waals surface area contributed by atoms with Crippen LogP contribution in [0, 0.1) is 5.92 Å². The number of carbonyl (C=O) groups excluding carboxylic acids is 1.